The van der Waals surface area contributed by atoms with Gasteiger partial charge in [-0.15, -0.1) is 12.4 Å². The van der Waals surface area contributed by atoms with Crippen LogP contribution >= 0.6 is 12.4 Å². The quantitative estimate of drug-likeness (QED) is 0.776. The largest absolute Gasteiger partial charge is 0.353 e. The molecule has 4 heteroatoms. The Kier molecular flexibility index (Phi) is 6.44. The normalized spacial score (nSPS) is 30.6. The number of nitrogens with one attached hydrogen (secondary N) is 2. The van der Waals surface area contributed by atoms with E-state index in [0.29, 0.717) is 12.0 Å². The second kappa shape index (κ2) is 7.34. The molecular formula is C14H27ClN2O. The van der Waals surface area contributed by atoms with Gasteiger partial charge >= 0.3 is 0 Å². The van der Waals surface area contributed by atoms with E-state index < -0.39 is 0 Å². The highest BCUT2D eigenvalue weighted by atomic mass is 35.5. The third kappa shape index (κ3) is 4.13. The standard InChI is InChI=1S/C14H26N2O.ClH/c1-10-4-3-5-13(7-6-10)16-14(17)11(2)12-8-15-9-12;/h10-13,15H,3-9H2,1-2H3,(H,16,17);1H. The lowest BCUT2D eigenvalue weighted by atomic mass is 9.88. The van der Waals surface area contributed by atoms with Crippen LogP contribution in [0, 0.1) is 17.8 Å². The van der Waals surface area contributed by atoms with Crippen LogP contribution in [0.15, 0.2) is 0 Å². The fourth-order valence-electron chi connectivity index (χ4n) is 2.84. The summed E-state index contributed by atoms with van der Waals surface area (Å²) in [4.78, 5) is 12.1. The molecule has 0 aromatic carbocycles. The van der Waals surface area contributed by atoms with Gasteiger partial charge in [0.1, 0.15) is 0 Å². The highest BCUT2D eigenvalue weighted by Crippen LogP contribution is 2.23. The van der Waals surface area contributed by atoms with Crippen LogP contribution in [0.3, 0.4) is 0 Å². The summed E-state index contributed by atoms with van der Waals surface area (Å²) in [6.07, 6.45) is 6.21. The molecule has 0 spiro atoms. The Morgan fingerprint density at radius 1 is 1.22 bits per heavy atom. The number of rotatable bonds is 3. The van der Waals surface area contributed by atoms with Gasteiger partial charge in [-0.25, -0.2) is 0 Å². The predicted molar refractivity (Wildman–Crippen MR) is 77.0 cm³/mol. The third-order valence-electron chi connectivity index (χ3n) is 4.54. The molecule has 3 atom stereocenters. The molecule has 1 heterocycles. The van der Waals surface area contributed by atoms with Crippen molar-refractivity contribution in [2.75, 3.05) is 13.1 Å². The minimum absolute atomic E-state index is 0. The van der Waals surface area contributed by atoms with Gasteiger partial charge in [-0.05, 0) is 44.2 Å². The summed E-state index contributed by atoms with van der Waals surface area (Å²) in [7, 11) is 0. The van der Waals surface area contributed by atoms with Gasteiger partial charge in [0.05, 0.1) is 0 Å². The molecule has 0 aromatic rings. The lowest BCUT2D eigenvalue weighted by Gasteiger charge is -2.32. The van der Waals surface area contributed by atoms with Crippen LogP contribution in [-0.2, 0) is 4.79 Å². The van der Waals surface area contributed by atoms with Crippen molar-refractivity contribution in [3.05, 3.63) is 0 Å². The summed E-state index contributed by atoms with van der Waals surface area (Å²) in [6, 6.07) is 0.433. The van der Waals surface area contributed by atoms with Gasteiger partial charge in [-0.3, -0.25) is 4.79 Å². The fraction of sp³-hybridized carbons (Fsp3) is 0.929. The van der Waals surface area contributed by atoms with Gasteiger partial charge in [0.2, 0.25) is 5.91 Å². The van der Waals surface area contributed by atoms with Crippen LogP contribution in [0.5, 0.6) is 0 Å². The molecule has 106 valence electrons. The Balaban J connectivity index is 0.00000162. The average molecular weight is 275 g/mol. The zero-order valence-corrected chi connectivity index (χ0v) is 12.4. The highest BCUT2D eigenvalue weighted by molar-refractivity contribution is 5.85. The minimum Gasteiger partial charge on any atom is -0.353 e. The molecule has 2 rings (SSSR count). The topological polar surface area (TPSA) is 41.1 Å². The monoisotopic (exact) mass is 274 g/mol. The number of hydrogen-bond acceptors (Lipinski definition) is 2. The van der Waals surface area contributed by atoms with E-state index in [1.807, 2.05) is 0 Å². The lowest BCUT2D eigenvalue weighted by molar-refractivity contribution is -0.127. The smallest absolute Gasteiger partial charge is 0.223 e. The first-order valence-electron chi connectivity index (χ1n) is 7.18. The van der Waals surface area contributed by atoms with Crippen LogP contribution in [0.1, 0.15) is 46.0 Å². The molecule has 0 bridgehead atoms. The zero-order valence-electron chi connectivity index (χ0n) is 11.6. The van der Waals surface area contributed by atoms with Crippen LogP contribution in [0.4, 0.5) is 0 Å². The molecule has 2 N–H and O–H groups in total. The van der Waals surface area contributed by atoms with E-state index in [0.717, 1.165) is 19.0 Å². The molecule has 1 saturated heterocycles. The van der Waals surface area contributed by atoms with Crippen molar-refractivity contribution in [3.8, 4) is 0 Å². The van der Waals surface area contributed by atoms with Crippen LogP contribution in [0.2, 0.25) is 0 Å². The van der Waals surface area contributed by atoms with Crippen LogP contribution in [0.25, 0.3) is 0 Å². The zero-order chi connectivity index (χ0) is 12.3. The number of carbonyl (C=O) groups is 1. The SMILES string of the molecule is CC1CCCC(NC(=O)C(C)C2CNC2)CC1.Cl. The Morgan fingerprint density at radius 3 is 2.56 bits per heavy atom. The van der Waals surface area contributed by atoms with Crippen molar-refractivity contribution in [1.82, 2.24) is 10.6 Å². The average Bonchev–Trinajstić information content (AvgIpc) is 2.41. The predicted octanol–water partition coefficient (Wildman–Crippen LogP) is 2.35. The van der Waals surface area contributed by atoms with Crippen molar-refractivity contribution in [2.24, 2.45) is 17.8 Å². The molecule has 2 aliphatic rings. The molecule has 1 aliphatic carbocycles. The Hall–Kier alpha value is -0.280. The first-order valence-corrected chi connectivity index (χ1v) is 7.18. The summed E-state index contributed by atoms with van der Waals surface area (Å²) in [6.45, 7) is 6.42. The highest BCUT2D eigenvalue weighted by Gasteiger charge is 2.30. The molecule has 3 unspecified atom stereocenters. The molecule has 0 aromatic heterocycles. The van der Waals surface area contributed by atoms with Crippen molar-refractivity contribution >= 4 is 18.3 Å². The maximum Gasteiger partial charge on any atom is 0.223 e. The molecular weight excluding hydrogens is 248 g/mol. The van der Waals surface area contributed by atoms with E-state index >= 15 is 0 Å². The molecule has 1 amide bonds. The lowest BCUT2D eigenvalue weighted by Crippen LogP contribution is -2.50. The fourth-order valence-corrected chi connectivity index (χ4v) is 2.84. The summed E-state index contributed by atoms with van der Waals surface area (Å²) < 4.78 is 0. The Labute approximate surface area is 117 Å². The first-order chi connectivity index (χ1) is 8.16. The van der Waals surface area contributed by atoms with Crippen molar-refractivity contribution in [2.45, 2.75) is 52.0 Å². The van der Waals surface area contributed by atoms with E-state index in [1.54, 1.807) is 0 Å². The second-order valence-electron chi connectivity index (χ2n) is 6.03. The van der Waals surface area contributed by atoms with E-state index in [9.17, 15) is 4.79 Å². The number of amides is 1. The maximum absolute atomic E-state index is 12.1. The van der Waals surface area contributed by atoms with E-state index in [1.165, 1.54) is 32.1 Å². The van der Waals surface area contributed by atoms with Crippen molar-refractivity contribution in [3.63, 3.8) is 0 Å². The maximum atomic E-state index is 12.1. The second-order valence-corrected chi connectivity index (χ2v) is 6.03. The van der Waals surface area contributed by atoms with Gasteiger partial charge in [0.25, 0.3) is 0 Å². The third-order valence-corrected chi connectivity index (χ3v) is 4.54. The summed E-state index contributed by atoms with van der Waals surface area (Å²) in [5.41, 5.74) is 0. The summed E-state index contributed by atoms with van der Waals surface area (Å²) in [5.74, 6) is 1.85. The van der Waals surface area contributed by atoms with Crippen LogP contribution < -0.4 is 10.6 Å². The molecule has 1 saturated carbocycles. The number of halogens is 1. The van der Waals surface area contributed by atoms with Gasteiger partial charge in [0.15, 0.2) is 0 Å². The van der Waals surface area contributed by atoms with Gasteiger partial charge < -0.3 is 10.6 Å². The molecule has 18 heavy (non-hydrogen) atoms. The van der Waals surface area contributed by atoms with E-state index in [4.69, 9.17) is 0 Å². The van der Waals surface area contributed by atoms with Crippen LogP contribution in [-0.4, -0.2) is 25.0 Å². The van der Waals surface area contributed by atoms with Gasteiger partial charge in [-0.1, -0.05) is 26.7 Å². The minimum atomic E-state index is 0. The molecule has 3 nitrogen and oxygen atoms in total. The molecule has 0 radical (unpaired) electrons. The van der Waals surface area contributed by atoms with E-state index in [-0.39, 0.29) is 24.2 Å². The number of hydrogen-bond donors (Lipinski definition) is 2. The first kappa shape index (κ1) is 15.8. The molecule has 1 aliphatic heterocycles. The molecule has 2 fully saturated rings. The van der Waals surface area contributed by atoms with E-state index in [2.05, 4.69) is 24.5 Å². The summed E-state index contributed by atoms with van der Waals surface area (Å²) >= 11 is 0. The van der Waals surface area contributed by atoms with Gasteiger partial charge in [0, 0.05) is 12.0 Å². The Bertz CT molecular complexity index is 269. The summed E-state index contributed by atoms with van der Waals surface area (Å²) in [5, 5.41) is 6.50. The number of carbonyl (C=O) groups excluding carboxylic acids is 1. The van der Waals surface area contributed by atoms with Gasteiger partial charge in [-0.2, -0.15) is 0 Å². The van der Waals surface area contributed by atoms with Crippen molar-refractivity contribution in [1.29, 1.82) is 0 Å². The Morgan fingerprint density at radius 2 is 1.94 bits per heavy atom. The van der Waals surface area contributed by atoms with Crippen molar-refractivity contribution < 1.29 is 4.79 Å².